The Morgan fingerprint density at radius 3 is 3.00 bits per heavy atom. The molecule has 3 rings (SSSR count). The molecule has 3 aromatic heterocycles. The molecule has 96 valence electrons. The van der Waals surface area contributed by atoms with Gasteiger partial charge in [-0.3, -0.25) is 0 Å². The maximum Gasteiger partial charge on any atom is 0.341 e. The van der Waals surface area contributed by atoms with Crippen molar-refractivity contribution in [3.05, 3.63) is 36.2 Å². The molecule has 0 saturated heterocycles. The van der Waals surface area contributed by atoms with E-state index in [0.717, 1.165) is 5.69 Å². The summed E-state index contributed by atoms with van der Waals surface area (Å²) >= 11 is 0. The van der Waals surface area contributed by atoms with Crippen LogP contribution in [0.25, 0.3) is 17.0 Å². The average Bonchev–Trinajstić information content (AvgIpc) is 3.06. The number of nitrogens with zero attached hydrogens (tertiary/aromatic N) is 3. The number of carboxylic acid groups (broad SMARTS) is 1. The summed E-state index contributed by atoms with van der Waals surface area (Å²) in [6, 6.07) is 5.53. The number of carbonyl (C=O) groups is 1. The van der Waals surface area contributed by atoms with E-state index in [4.69, 9.17) is 5.11 Å². The first-order chi connectivity index (χ1) is 9.20. The molecule has 0 amide bonds. The van der Waals surface area contributed by atoms with Gasteiger partial charge in [0.1, 0.15) is 11.4 Å². The van der Waals surface area contributed by atoms with Crippen molar-refractivity contribution in [3.8, 4) is 11.4 Å². The van der Waals surface area contributed by atoms with Crippen LogP contribution in [0.1, 0.15) is 10.4 Å². The van der Waals surface area contributed by atoms with Crippen molar-refractivity contribution in [1.29, 1.82) is 0 Å². The highest BCUT2D eigenvalue weighted by molar-refractivity contribution is 5.94. The van der Waals surface area contributed by atoms with Crippen LogP contribution in [-0.4, -0.2) is 37.7 Å². The second kappa shape index (κ2) is 4.13. The van der Waals surface area contributed by atoms with E-state index < -0.39 is 5.97 Å². The van der Waals surface area contributed by atoms with Crippen LogP contribution in [0.15, 0.2) is 30.6 Å². The van der Waals surface area contributed by atoms with Gasteiger partial charge in [-0.2, -0.15) is 9.61 Å². The molecule has 7 heteroatoms. The predicted octanol–water partition coefficient (Wildman–Crippen LogP) is 1.46. The molecule has 19 heavy (non-hydrogen) atoms. The van der Waals surface area contributed by atoms with E-state index in [9.17, 15) is 4.79 Å². The monoisotopic (exact) mass is 257 g/mol. The molecule has 0 atom stereocenters. The zero-order valence-electron chi connectivity index (χ0n) is 10.1. The van der Waals surface area contributed by atoms with Gasteiger partial charge in [0.15, 0.2) is 5.65 Å². The maximum atomic E-state index is 11.2. The normalized spacial score (nSPS) is 10.8. The van der Waals surface area contributed by atoms with Gasteiger partial charge in [0.25, 0.3) is 0 Å². The number of nitrogens with one attached hydrogen (secondary N) is 2. The van der Waals surface area contributed by atoms with Gasteiger partial charge in [-0.25, -0.2) is 9.78 Å². The summed E-state index contributed by atoms with van der Waals surface area (Å²) in [6.07, 6.45) is 3.08. The fourth-order valence-electron chi connectivity index (χ4n) is 1.92. The van der Waals surface area contributed by atoms with Crippen molar-refractivity contribution in [3.63, 3.8) is 0 Å². The SMILES string of the molecule is CNc1cc(-c2ccc[nH]2)nc2c(C(=O)O)cnn12. The van der Waals surface area contributed by atoms with Crippen LogP contribution >= 0.6 is 0 Å². The number of hydrogen-bond acceptors (Lipinski definition) is 4. The van der Waals surface area contributed by atoms with E-state index >= 15 is 0 Å². The number of rotatable bonds is 3. The first kappa shape index (κ1) is 11.3. The molecular weight excluding hydrogens is 246 g/mol. The molecule has 0 bridgehead atoms. The zero-order valence-corrected chi connectivity index (χ0v) is 10.1. The highest BCUT2D eigenvalue weighted by Crippen LogP contribution is 2.22. The molecule has 0 aromatic carbocycles. The molecule has 3 aromatic rings. The Labute approximate surface area is 107 Å². The Morgan fingerprint density at radius 1 is 1.53 bits per heavy atom. The second-order valence-corrected chi connectivity index (χ2v) is 3.96. The molecule has 0 aliphatic heterocycles. The van der Waals surface area contributed by atoms with E-state index in [0.29, 0.717) is 17.2 Å². The minimum atomic E-state index is -1.05. The number of hydrogen-bond donors (Lipinski definition) is 3. The molecule has 0 aliphatic rings. The van der Waals surface area contributed by atoms with Crippen molar-refractivity contribution in [2.45, 2.75) is 0 Å². The first-order valence-corrected chi connectivity index (χ1v) is 5.64. The predicted molar refractivity (Wildman–Crippen MR) is 69.3 cm³/mol. The van der Waals surface area contributed by atoms with Gasteiger partial charge >= 0.3 is 5.97 Å². The zero-order chi connectivity index (χ0) is 13.4. The fraction of sp³-hybridized carbons (Fsp3) is 0.0833. The van der Waals surface area contributed by atoms with Crippen LogP contribution in [0.5, 0.6) is 0 Å². The number of carboxylic acids is 1. The minimum absolute atomic E-state index is 0.0740. The summed E-state index contributed by atoms with van der Waals surface area (Å²) in [5, 5.41) is 16.1. The van der Waals surface area contributed by atoms with Gasteiger partial charge in [-0.1, -0.05) is 0 Å². The summed E-state index contributed by atoms with van der Waals surface area (Å²) in [4.78, 5) is 18.6. The van der Waals surface area contributed by atoms with Crippen LogP contribution in [0, 0.1) is 0 Å². The number of H-pyrrole nitrogens is 1. The van der Waals surface area contributed by atoms with Gasteiger partial charge in [0, 0.05) is 19.3 Å². The lowest BCUT2D eigenvalue weighted by atomic mass is 10.2. The third-order valence-corrected chi connectivity index (χ3v) is 2.83. The Kier molecular flexibility index (Phi) is 2.45. The largest absolute Gasteiger partial charge is 0.477 e. The molecule has 0 fully saturated rings. The summed E-state index contributed by atoms with van der Waals surface area (Å²) in [5.74, 6) is -0.379. The summed E-state index contributed by atoms with van der Waals surface area (Å²) in [6.45, 7) is 0. The molecule has 7 nitrogen and oxygen atoms in total. The average molecular weight is 257 g/mol. The van der Waals surface area contributed by atoms with E-state index in [1.54, 1.807) is 19.3 Å². The van der Waals surface area contributed by atoms with Gasteiger partial charge in [0.05, 0.1) is 17.6 Å². The van der Waals surface area contributed by atoms with Crippen LogP contribution in [0.2, 0.25) is 0 Å². The summed E-state index contributed by atoms with van der Waals surface area (Å²) < 4.78 is 1.47. The number of aromatic nitrogens is 4. The fourth-order valence-corrected chi connectivity index (χ4v) is 1.92. The number of fused-ring (bicyclic) bond motifs is 1. The Bertz CT molecular complexity index is 745. The van der Waals surface area contributed by atoms with E-state index in [1.807, 2.05) is 12.1 Å². The van der Waals surface area contributed by atoms with Crippen LogP contribution in [0.3, 0.4) is 0 Å². The van der Waals surface area contributed by atoms with Crippen molar-refractivity contribution < 1.29 is 9.90 Å². The molecule has 0 aliphatic carbocycles. The lowest BCUT2D eigenvalue weighted by Gasteiger charge is -2.06. The first-order valence-electron chi connectivity index (χ1n) is 5.64. The lowest BCUT2D eigenvalue weighted by molar-refractivity contribution is 0.0699. The Balaban J connectivity index is 2.31. The molecular formula is C12H11N5O2. The van der Waals surface area contributed by atoms with Gasteiger partial charge in [-0.15, -0.1) is 0 Å². The van der Waals surface area contributed by atoms with Crippen molar-refractivity contribution in [1.82, 2.24) is 19.6 Å². The molecule has 0 spiro atoms. The standard InChI is InChI=1S/C12H11N5O2/c1-13-10-5-9(8-3-2-4-14-8)16-11-7(12(18)19)6-15-17(10)11/h2-6,13-14H,1H3,(H,18,19). The molecule has 0 unspecified atom stereocenters. The number of anilines is 1. The van der Waals surface area contributed by atoms with Gasteiger partial charge in [-0.05, 0) is 12.1 Å². The smallest absolute Gasteiger partial charge is 0.341 e. The highest BCUT2D eigenvalue weighted by atomic mass is 16.4. The third-order valence-electron chi connectivity index (χ3n) is 2.83. The van der Waals surface area contributed by atoms with Crippen molar-refractivity contribution in [2.24, 2.45) is 0 Å². The summed E-state index contributed by atoms with van der Waals surface area (Å²) in [7, 11) is 1.75. The van der Waals surface area contributed by atoms with Gasteiger partial charge < -0.3 is 15.4 Å². The van der Waals surface area contributed by atoms with Crippen LogP contribution in [0.4, 0.5) is 5.82 Å². The van der Waals surface area contributed by atoms with Crippen molar-refractivity contribution >= 4 is 17.4 Å². The Hall–Kier alpha value is -2.83. The molecule has 3 heterocycles. The lowest BCUT2D eigenvalue weighted by Crippen LogP contribution is -2.04. The topological polar surface area (TPSA) is 95.3 Å². The summed E-state index contributed by atoms with van der Waals surface area (Å²) in [5.41, 5.74) is 1.86. The Morgan fingerprint density at radius 2 is 2.37 bits per heavy atom. The minimum Gasteiger partial charge on any atom is -0.477 e. The molecule has 0 saturated carbocycles. The van der Waals surface area contributed by atoms with Gasteiger partial charge in [0.2, 0.25) is 0 Å². The maximum absolute atomic E-state index is 11.2. The third kappa shape index (κ3) is 1.71. The number of aromatic amines is 1. The van der Waals surface area contributed by atoms with E-state index in [2.05, 4.69) is 20.4 Å². The van der Waals surface area contributed by atoms with Crippen LogP contribution < -0.4 is 5.32 Å². The molecule has 0 radical (unpaired) electrons. The van der Waals surface area contributed by atoms with E-state index in [1.165, 1.54) is 10.7 Å². The number of aromatic carboxylic acids is 1. The van der Waals surface area contributed by atoms with Crippen molar-refractivity contribution in [2.75, 3.05) is 12.4 Å². The molecule has 3 N–H and O–H groups in total. The second-order valence-electron chi connectivity index (χ2n) is 3.96. The van der Waals surface area contributed by atoms with Crippen LogP contribution in [-0.2, 0) is 0 Å². The quantitative estimate of drug-likeness (QED) is 0.660. The highest BCUT2D eigenvalue weighted by Gasteiger charge is 2.16. The van der Waals surface area contributed by atoms with E-state index in [-0.39, 0.29) is 5.56 Å².